The van der Waals surface area contributed by atoms with Crippen LogP contribution in [0.25, 0.3) is 20.8 Å². The molecule has 0 bridgehead atoms. The molecule has 2 aromatic carbocycles. The third kappa shape index (κ3) is 2.36. The Hall–Kier alpha value is -1.45. The number of halogens is 1. The minimum atomic E-state index is 0.860. The molecule has 3 aromatic rings. The smallest absolute Gasteiger partial charge is 0.125 e. The van der Waals surface area contributed by atoms with Crippen molar-refractivity contribution in [2.45, 2.75) is 6.42 Å². The Bertz CT molecular complexity index is 712. The van der Waals surface area contributed by atoms with Crippen molar-refractivity contribution in [3.05, 3.63) is 65.2 Å². The van der Waals surface area contributed by atoms with Gasteiger partial charge in [0.2, 0.25) is 0 Å². The summed E-state index contributed by atoms with van der Waals surface area (Å²) in [4.78, 5) is 4.71. The molecule has 0 unspecified atom stereocenters. The van der Waals surface area contributed by atoms with Crippen LogP contribution in [-0.4, -0.2) is 4.98 Å². The maximum absolute atomic E-state index is 4.71. The second kappa shape index (κ2) is 5.27. The Morgan fingerprint density at radius 3 is 2.79 bits per heavy atom. The number of benzene rings is 2. The van der Waals surface area contributed by atoms with Crippen molar-refractivity contribution in [1.29, 1.82) is 0 Å². The fraction of sp³-hybridized carbons (Fsp3) is 0.0625. The van der Waals surface area contributed by atoms with Gasteiger partial charge >= 0.3 is 0 Å². The number of rotatable bonds is 3. The Labute approximate surface area is 124 Å². The van der Waals surface area contributed by atoms with E-state index >= 15 is 0 Å². The summed E-state index contributed by atoms with van der Waals surface area (Å²) in [6.45, 7) is 3.80. The van der Waals surface area contributed by atoms with E-state index in [1.165, 1.54) is 10.3 Å². The summed E-state index contributed by atoms with van der Waals surface area (Å²) in [5, 5.41) is 1.05. The number of allylic oxidation sites excluding steroid dienone is 1. The lowest BCUT2D eigenvalue weighted by molar-refractivity contribution is 1.25. The van der Waals surface area contributed by atoms with Crippen molar-refractivity contribution in [3.8, 4) is 10.6 Å². The third-order valence-corrected chi connectivity index (χ3v) is 4.97. The average molecular weight is 330 g/mol. The Kier molecular flexibility index (Phi) is 3.49. The van der Waals surface area contributed by atoms with Gasteiger partial charge in [0.15, 0.2) is 0 Å². The van der Waals surface area contributed by atoms with E-state index in [1.807, 2.05) is 18.2 Å². The van der Waals surface area contributed by atoms with Gasteiger partial charge in [-0.25, -0.2) is 4.98 Å². The molecule has 0 saturated heterocycles. The number of para-hydroxylation sites is 1. The van der Waals surface area contributed by atoms with Gasteiger partial charge in [-0.1, -0.05) is 36.4 Å². The van der Waals surface area contributed by atoms with E-state index in [2.05, 4.69) is 52.8 Å². The standard InChI is InChI=1S/C16H12BrNS/c1-2-6-11-7-5-8-12(15(11)17)16-18-13-9-3-4-10-14(13)19-16/h2-5,7-10H,1,6H2. The lowest BCUT2D eigenvalue weighted by atomic mass is 10.1. The molecule has 3 rings (SSSR count). The quantitative estimate of drug-likeness (QED) is 0.582. The van der Waals surface area contributed by atoms with Crippen LogP contribution in [0.15, 0.2) is 59.6 Å². The second-order valence-corrected chi connectivity index (χ2v) is 6.08. The Morgan fingerprint density at radius 1 is 1.16 bits per heavy atom. The number of nitrogens with zero attached hydrogens (tertiary/aromatic N) is 1. The number of thiazole rings is 1. The molecular weight excluding hydrogens is 318 g/mol. The first-order chi connectivity index (χ1) is 9.29. The van der Waals surface area contributed by atoms with E-state index in [0.717, 1.165) is 27.0 Å². The zero-order valence-corrected chi connectivity index (χ0v) is 12.7. The molecule has 0 aliphatic rings. The van der Waals surface area contributed by atoms with Crippen molar-refractivity contribution < 1.29 is 0 Å². The SMILES string of the molecule is C=CCc1cccc(-c2nc3ccccc3s2)c1Br. The highest BCUT2D eigenvalue weighted by atomic mass is 79.9. The monoisotopic (exact) mass is 329 g/mol. The number of hydrogen-bond donors (Lipinski definition) is 0. The van der Waals surface area contributed by atoms with E-state index in [-0.39, 0.29) is 0 Å². The van der Waals surface area contributed by atoms with Crippen LogP contribution < -0.4 is 0 Å². The highest BCUT2D eigenvalue weighted by Gasteiger charge is 2.11. The van der Waals surface area contributed by atoms with Crippen LogP contribution in [-0.2, 0) is 6.42 Å². The molecule has 0 fully saturated rings. The highest BCUT2D eigenvalue weighted by molar-refractivity contribution is 9.10. The zero-order chi connectivity index (χ0) is 13.2. The van der Waals surface area contributed by atoms with Gasteiger partial charge < -0.3 is 0 Å². The van der Waals surface area contributed by atoms with Crippen LogP contribution in [0.5, 0.6) is 0 Å². The predicted octanol–water partition coefficient (Wildman–Crippen LogP) is 5.45. The molecule has 3 heteroatoms. The largest absolute Gasteiger partial charge is 0.236 e. The van der Waals surface area contributed by atoms with Gasteiger partial charge in [0, 0.05) is 10.0 Å². The molecule has 0 aliphatic heterocycles. The van der Waals surface area contributed by atoms with Crippen LogP contribution >= 0.6 is 27.3 Å². The summed E-state index contributed by atoms with van der Waals surface area (Å²) in [6, 6.07) is 14.5. The molecule has 0 spiro atoms. The van der Waals surface area contributed by atoms with Gasteiger partial charge in [-0.05, 0) is 40.0 Å². The molecule has 1 nitrogen and oxygen atoms in total. The lowest BCUT2D eigenvalue weighted by Gasteiger charge is -2.05. The fourth-order valence-corrected chi connectivity index (χ4v) is 3.79. The van der Waals surface area contributed by atoms with Crippen LogP contribution in [0.3, 0.4) is 0 Å². The summed E-state index contributed by atoms with van der Waals surface area (Å²) in [5.74, 6) is 0. The van der Waals surface area contributed by atoms with Gasteiger partial charge in [0.25, 0.3) is 0 Å². The summed E-state index contributed by atoms with van der Waals surface area (Å²) < 4.78 is 2.34. The molecule has 0 amide bonds. The maximum Gasteiger partial charge on any atom is 0.125 e. The topological polar surface area (TPSA) is 12.9 Å². The number of hydrogen-bond acceptors (Lipinski definition) is 2. The highest BCUT2D eigenvalue weighted by Crippen LogP contribution is 2.36. The van der Waals surface area contributed by atoms with Crippen molar-refractivity contribution in [1.82, 2.24) is 4.98 Å². The first-order valence-electron chi connectivity index (χ1n) is 6.04. The maximum atomic E-state index is 4.71. The van der Waals surface area contributed by atoms with E-state index in [4.69, 9.17) is 4.98 Å². The first kappa shape index (κ1) is 12.6. The van der Waals surface area contributed by atoms with Gasteiger partial charge in [-0.3, -0.25) is 0 Å². The normalized spacial score (nSPS) is 10.8. The predicted molar refractivity (Wildman–Crippen MR) is 86.7 cm³/mol. The second-order valence-electron chi connectivity index (χ2n) is 4.26. The lowest BCUT2D eigenvalue weighted by Crippen LogP contribution is -1.86. The molecule has 1 aromatic heterocycles. The first-order valence-corrected chi connectivity index (χ1v) is 7.65. The molecule has 94 valence electrons. The van der Waals surface area contributed by atoms with E-state index in [1.54, 1.807) is 11.3 Å². The minimum absolute atomic E-state index is 0.860. The molecule has 0 radical (unpaired) electrons. The molecule has 0 aliphatic carbocycles. The Balaban J connectivity index is 2.15. The third-order valence-electron chi connectivity index (χ3n) is 2.97. The molecule has 0 saturated carbocycles. The van der Waals surface area contributed by atoms with Crippen molar-refractivity contribution in [2.24, 2.45) is 0 Å². The van der Waals surface area contributed by atoms with E-state index < -0.39 is 0 Å². The molecule has 1 heterocycles. The van der Waals surface area contributed by atoms with Crippen LogP contribution in [0.1, 0.15) is 5.56 Å². The molecule has 0 N–H and O–H groups in total. The van der Waals surface area contributed by atoms with Gasteiger partial charge in [-0.2, -0.15) is 0 Å². The van der Waals surface area contributed by atoms with Gasteiger partial charge in [0.05, 0.1) is 10.2 Å². The summed E-state index contributed by atoms with van der Waals surface area (Å²) in [6.07, 6.45) is 2.78. The number of fused-ring (bicyclic) bond motifs is 1. The van der Waals surface area contributed by atoms with Crippen molar-refractivity contribution >= 4 is 37.5 Å². The van der Waals surface area contributed by atoms with E-state index in [0.29, 0.717) is 0 Å². The van der Waals surface area contributed by atoms with Crippen molar-refractivity contribution in [2.75, 3.05) is 0 Å². The van der Waals surface area contributed by atoms with Crippen molar-refractivity contribution in [3.63, 3.8) is 0 Å². The van der Waals surface area contributed by atoms with Gasteiger partial charge in [-0.15, -0.1) is 17.9 Å². The van der Waals surface area contributed by atoms with Gasteiger partial charge in [0.1, 0.15) is 5.01 Å². The molecule has 19 heavy (non-hydrogen) atoms. The molecule has 0 atom stereocenters. The van der Waals surface area contributed by atoms with E-state index in [9.17, 15) is 0 Å². The molecular formula is C16H12BrNS. The summed E-state index contributed by atoms with van der Waals surface area (Å²) in [7, 11) is 0. The summed E-state index contributed by atoms with van der Waals surface area (Å²) >= 11 is 5.42. The minimum Gasteiger partial charge on any atom is -0.236 e. The Morgan fingerprint density at radius 2 is 2.00 bits per heavy atom. The zero-order valence-electron chi connectivity index (χ0n) is 10.3. The van der Waals surface area contributed by atoms with Crippen LogP contribution in [0.2, 0.25) is 0 Å². The van der Waals surface area contributed by atoms with Crippen LogP contribution in [0.4, 0.5) is 0 Å². The van der Waals surface area contributed by atoms with Crippen LogP contribution in [0, 0.1) is 0 Å². The number of aromatic nitrogens is 1. The summed E-state index contributed by atoms with van der Waals surface area (Å²) in [5.41, 5.74) is 3.45. The fourth-order valence-electron chi connectivity index (χ4n) is 2.05. The average Bonchev–Trinajstić information content (AvgIpc) is 2.85.